The number of hydrogen-bond donors (Lipinski definition) is 2. The van der Waals surface area contributed by atoms with Crippen LogP contribution in [0.2, 0.25) is 0 Å². The molecule has 1 aromatic carbocycles. The number of nitrogens with one attached hydrogen (secondary N) is 1. The van der Waals surface area contributed by atoms with E-state index in [0.29, 0.717) is 5.56 Å². The van der Waals surface area contributed by atoms with E-state index in [2.05, 4.69) is 11.4 Å². The van der Waals surface area contributed by atoms with Crippen molar-refractivity contribution in [2.24, 2.45) is 0 Å². The third kappa shape index (κ3) is 5.62. The summed E-state index contributed by atoms with van der Waals surface area (Å²) in [6, 6.07) is 9.57. The monoisotopic (exact) mass is 244 g/mol. The molecule has 0 aliphatic rings. The Morgan fingerprint density at radius 1 is 1.39 bits per heavy atom. The highest BCUT2D eigenvalue weighted by Crippen LogP contribution is 2.04. The molecule has 0 saturated heterocycles. The molecular formula is C15H20N2O. The molecule has 3 heteroatoms. The van der Waals surface area contributed by atoms with Crippen molar-refractivity contribution in [3.8, 4) is 6.07 Å². The molecule has 96 valence electrons. The van der Waals surface area contributed by atoms with Crippen LogP contribution in [0.3, 0.4) is 0 Å². The molecule has 1 aromatic rings. The van der Waals surface area contributed by atoms with Gasteiger partial charge in [-0.15, -0.1) is 0 Å². The SMILES string of the molecule is CCC(O)CCNC/C=C/c1ccc(C#N)cc1. The Morgan fingerprint density at radius 3 is 2.72 bits per heavy atom. The predicted molar refractivity (Wildman–Crippen MR) is 74.0 cm³/mol. The molecule has 18 heavy (non-hydrogen) atoms. The minimum atomic E-state index is -0.194. The lowest BCUT2D eigenvalue weighted by Gasteiger charge is -2.06. The number of benzene rings is 1. The molecule has 0 aliphatic heterocycles. The molecule has 0 radical (unpaired) electrons. The molecule has 0 amide bonds. The maximum Gasteiger partial charge on any atom is 0.0991 e. The molecule has 0 saturated carbocycles. The van der Waals surface area contributed by atoms with Gasteiger partial charge >= 0.3 is 0 Å². The first kappa shape index (κ1) is 14.4. The van der Waals surface area contributed by atoms with Crippen LogP contribution in [0.25, 0.3) is 6.08 Å². The van der Waals surface area contributed by atoms with Crippen molar-refractivity contribution >= 4 is 6.08 Å². The third-order valence-corrected chi connectivity index (χ3v) is 2.74. The Hall–Kier alpha value is -1.63. The Morgan fingerprint density at radius 2 is 2.11 bits per heavy atom. The number of nitriles is 1. The zero-order chi connectivity index (χ0) is 13.2. The zero-order valence-corrected chi connectivity index (χ0v) is 10.8. The van der Waals surface area contributed by atoms with E-state index in [1.54, 1.807) is 0 Å². The largest absolute Gasteiger partial charge is 0.393 e. The van der Waals surface area contributed by atoms with Gasteiger partial charge in [-0.2, -0.15) is 5.26 Å². The lowest BCUT2D eigenvalue weighted by molar-refractivity contribution is 0.160. The van der Waals surface area contributed by atoms with Gasteiger partial charge in [-0.3, -0.25) is 0 Å². The van der Waals surface area contributed by atoms with Crippen LogP contribution in [0.1, 0.15) is 30.9 Å². The van der Waals surface area contributed by atoms with Crippen LogP contribution in [0.4, 0.5) is 0 Å². The van der Waals surface area contributed by atoms with Crippen molar-refractivity contribution in [3.05, 3.63) is 41.5 Å². The van der Waals surface area contributed by atoms with E-state index in [1.807, 2.05) is 43.3 Å². The highest BCUT2D eigenvalue weighted by molar-refractivity contribution is 5.50. The molecule has 0 aromatic heterocycles. The average molecular weight is 244 g/mol. The van der Waals surface area contributed by atoms with E-state index in [9.17, 15) is 5.11 Å². The van der Waals surface area contributed by atoms with Crippen LogP contribution >= 0.6 is 0 Å². The molecule has 0 bridgehead atoms. The van der Waals surface area contributed by atoms with E-state index in [-0.39, 0.29) is 6.10 Å². The maximum absolute atomic E-state index is 9.36. The molecule has 0 aliphatic carbocycles. The average Bonchev–Trinajstić information content (AvgIpc) is 2.43. The van der Waals surface area contributed by atoms with E-state index in [0.717, 1.165) is 31.5 Å². The van der Waals surface area contributed by atoms with Crippen molar-refractivity contribution in [1.29, 1.82) is 5.26 Å². The molecule has 1 rings (SSSR count). The Kier molecular flexibility index (Phi) is 6.78. The first-order valence-corrected chi connectivity index (χ1v) is 6.31. The molecule has 0 heterocycles. The number of rotatable bonds is 7. The summed E-state index contributed by atoms with van der Waals surface area (Å²) in [6.07, 6.45) is 5.47. The summed E-state index contributed by atoms with van der Waals surface area (Å²) >= 11 is 0. The maximum atomic E-state index is 9.36. The number of nitrogens with zero attached hydrogens (tertiary/aromatic N) is 1. The Bertz CT molecular complexity index is 403. The summed E-state index contributed by atoms with van der Waals surface area (Å²) in [4.78, 5) is 0. The van der Waals surface area contributed by atoms with Gasteiger partial charge in [-0.1, -0.05) is 31.2 Å². The van der Waals surface area contributed by atoms with E-state index in [4.69, 9.17) is 5.26 Å². The first-order chi connectivity index (χ1) is 8.76. The standard InChI is InChI=1S/C15H20N2O/c1-2-15(18)9-11-17-10-3-4-13-5-7-14(12-16)8-6-13/h3-8,15,17-18H,2,9-11H2,1H3/b4-3+. The van der Waals surface area contributed by atoms with Crippen LogP contribution in [0, 0.1) is 11.3 Å². The number of aliphatic hydroxyl groups excluding tert-OH is 1. The lowest BCUT2D eigenvalue weighted by atomic mass is 10.1. The highest BCUT2D eigenvalue weighted by atomic mass is 16.3. The minimum Gasteiger partial charge on any atom is -0.393 e. The second kappa shape index (κ2) is 8.46. The van der Waals surface area contributed by atoms with E-state index in [1.165, 1.54) is 0 Å². The van der Waals surface area contributed by atoms with Crippen molar-refractivity contribution in [3.63, 3.8) is 0 Å². The van der Waals surface area contributed by atoms with E-state index >= 15 is 0 Å². The Balaban J connectivity index is 2.22. The molecule has 0 fully saturated rings. The quantitative estimate of drug-likeness (QED) is 0.724. The number of hydrogen-bond acceptors (Lipinski definition) is 3. The normalized spacial score (nSPS) is 12.5. The van der Waals surface area contributed by atoms with Gasteiger partial charge in [-0.25, -0.2) is 0 Å². The summed E-state index contributed by atoms with van der Waals surface area (Å²) in [5, 5.41) is 21.3. The van der Waals surface area contributed by atoms with Gasteiger partial charge in [0.1, 0.15) is 0 Å². The van der Waals surface area contributed by atoms with Crippen molar-refractivity contribution in [2.75, 3.05) is 13.1 Å². The minimum absolute atomic E-state index is 0.194. The fraction of sp³-hybridized carbons (Fsp3) is 0.400. The van der Waals surface area contributed by atoms with Gasteiger partial charge in [0.15, 0.2) is 0 Å². The van der Waals surface area contributed by atoms with E-state index < -0.39 is 0 Å². The highest BCUT2D eigenvalue weighted by Gasteiger charge is 1.97. The molecular weight excluding hydrogens is 224 g/mol. The Labute approximate surface area is 109 Å². The molecule has 2 N–H and O–H groups in total. The fourth-order valence-electron chi connectivity index (χ4n) is 1.52. The van der Waals surface area contributed by atoms with Gasteiger partial charge in [0.25, 0.3) is 0 Å². The smallest absolute Gasteiger partial charge is 0.0991 e. The van der Waals surface area contributed by atoms with Crippen LogP contribution in [0.15, 0.2) is 30.3 Å². The van der Waals surface area contributed by atoms with Crippen molar-refractivity contribution < 1.29 is 5.11 Å². The summed E-state index contributed by atoms with van der Waals surface area (Å²) in [7, 11) is 0. The van der Waals surface area contributed by atoms with Gasteiger partial charge < -0.3 is 10.4 Å². The fourth-order valence-corrected chi connectivity index (χ4v) is 1.52. The van der Waals surface area contributed by atoms with Crippen LogP contribution < -0.4 is 5.32 Å². The topological polar surface area (TPSA) is 56.0 Å². The third-order valence-electron chi connectivity index (χ3n) is 2.74. The molecule has 1 atom stereocenters. The van der Waals surface area contributed by atoms with Gasteiger partial charge in [0.05, 0.1) is 17.7 Å². The second-order valence-corrected chi connectivity index (χ2v) is 4.19. The first-order valence-electron chi connectivity index (χ1n) is 6.31. The van der Waals surface area contributed by atoms with Gasteiger partial charge in [0, 0.05) is 6.54 Å². The predicted octanol–water partition coefficient (Wildman–Crippen LogP) is 2.32. The summed E-state index contributed by atoms with van der Waals surface area (Å²) in [5.41, 5.74) is 1.77. The van der Waals surface area contributed by atoms with Crippen LogP contribution in [-0.4, -0.2) is 24.3 Å². The van der Waals surface area contributed by atoms with Crippen LogP contribution in [0.5, 0.6) is 0 Å². The van der Waals surface area contributed by atoms with Crippen molar-refractivity contribution in [2.45, 2.75) is 25.9 Å². The molecule has 0 spiro atoms. The zero-order valence-electron chi connectivity index (χ0n) is 10.8. The lowest BCUT2D eigenvalue weighted by Crippen LogP contribution is -2.20. The number of aliphatic hydroxyl groups is 1. The summed E-state index contributed by atoms with van der Waals surface area (Å²) < 4.78 is 0. The van der Waals surface area contributed by atoms with Crippen LogP contribution in [-0.2, 0) is 0 Å². The summed E-state index contributed by atoms with van der Waals surface area (Å²) in [5.74, 6) is 0. The molecule has 3 nitrogen and oxygen atoms in total. The van der Waals surface area contributed by atoms with Crippen molar-refractivity contribution in [1.82, 2.24) is 5.32 Å². The molecule has 1 unspecified atom stereocenters. The van der Waals surface area contributed by atoms with Gasteiger partial charge in [-0.05, 0) is 37.1 Å². The van der Waals surface area contributed by atoms with Gasteiger partial charge in [0.2, 0.25) is 0 Å². The summed E-state index contributed by atoms with van der Waals surface area (Å²) in [6.45, 7) is 3.60. The second-order valence-electron chi connectivity index (χ2n) is 4.19.